The van der Waals surface area contributed by atoms with E-state index in [0.717, 1.165) is 25.7 Å². The summed E-state index contributed by atoms with van der Waals surface area (Å²) in [6, 6.07) is 13.6. The minimum absolute atomic E-state index is 0.0206. The van der Waals surface area contributed by atoms with E-state index < -0.39 is 16.0 Å². The molecule has 1 aliphatic heterocycles. The Bertz CT molecular complexity index is 1690. The topological polar surface area (TPSA) is 133 Å². The van der Waals surface area contributed by atoms with Gasteiger partial charge in [0.15, 0.2) is 11.0 Å². The molecular weight excluding hydrogens is 651 g/mol. The molecule has 1 saturated heterocycles. The zero-order chi connectivity index (χ0) is 34.4. The minimum Gasteiger partial charge on any atom is -0.458 e. The van der Waals surface area contributed by atoms with Gasteiger partial charge in [-0.3, -0.25) is 9.36 Å². The van der Waals surface area contributed by atoms with Crippen LogP contribution in [0.4, 0.5) is 5.69 Å². The van der Waals surface area contributed by atoms with E-state index in [0.29, 0.717) is 71.9 Å². The summed E-state index contributed by atoms with van der Waals surface area (Å²) in [6.07, 6.45) is 3.63. The third-order valence-corrected chi connectivity index (χ3v) is 12.2. The number of aromatic nitrogens is 3. The number of carbonyl (C=O) groups excluding carboxylic acids is 2. The van der Waals surface area contributed by atoms with E-state index in [-0.39, 0.29) is 28.7 Å². The van der Waals surface area contributed by atoms with Crippen molar-refractivity contribution in [2.45, 2.75) is 82.5 Å². The molecule has 260 valence electrons. The second-order valence-electron chi connectivity index (χ2n) is 13.1. The molecule has 4 atom stereocenters. The van der Waals surface area contributed by atoms with Crippen LogP contribution in [0.3, 0.4) is 0 Å². The van der Waals surface area contributed by atoms with Crippen molar-refractivity contribution in [2.75, 3.05) is 37.4 Å². The molecule has 1 N–H and O–H groups in total. The van der Waals surface area contributed by atoms with Gasteiger partial charge in [-0.15, -0.1) is 10.2 Å². The third-order valence-electron chi connectivity index (χ3n) is 9.37. The number of carbonyl (C=O) groups is 2. The maximum atomic E-state index is 13.4. The summed E-state index contributed by atoms with van der Waals surface area (Å²) < 4.78 is 41.5. The van der Waals surface area contributed by atoms with Gasteiger partial charge in [-0.05, 0) is 68.2 Å². The summed E-state index contributed by atoms with van der Waals surface area (Å²) in [7, 11) is -3.70. The van der Waals surface area contributed by atoms with Crippen LogP contribution in [-0.4, -0.2) is 77.5 Å². The monoisotopic (exact) mass is 697 g/mol. The van der Waals surface area contributed by atoms with Crippen LogP contribution in [-0.2, 0) is 24.3 Å². The number of amides is 1. The molecule has 3 aromatic rings. The van der Waals surface area contributed by atoms with Crippen molar-refractivity contribution in [3.8, 4) is 11.4 Å². The molecular formula is C35H47N5O6S2. The lowest BCUT2D eigenvalue weighted by molar-refractivity contribution is -0.113. The maximum Gasteiger partial charge on any atom is 0.340 e. The molecule has 2 aromatic carbocycles. The molecule has 0 bridgehead atoms. The minimum atomic E-state index is -3.70. The van der Waals surface area contributed by atoms with Crippen molar-refractivity contribution in [3.63, 3.8) is 0 Å². The molecule has 2 heterocycles. The standard InChI is InChI=1S/C35H47N5O6S2/c1-6-25(5)40-33(26-10-9-11-27(21-26)48(43,44)39-16-18-45-19-17-39)37-38-35(40)47-22-32(41)36-30-13-8-7-12-29(30)34(42)46-31-20-24(4)14-15-28(31)23(2)3/h7-13,21,23-25,28,31H,6,14-20,22H2,1-5H3,(H,36,41)/t24-,25+,28+,31-/m1/s1. The number of nitrogens with one attached hydrogen (secondary N) is 1. The van der Waals surface area contributed by atoms with E-state index >= 15 is 0 Å². The molecule has 1 saturated carbocycles. The Morgan fingerprint density at radius 2 is 1.81 bits per heavy atom. The smallest absolute Gasteiger partial charge is 0.340 e. The number of benzene rings is 2. The number of ether oxygens (including phenoxy) is 2. The predicted molar refractivity (Wildman–Crippen MR) is 186 cm³/mol. The second kappa shape index (κ2) is 16.0. The van der Waals surface area contributed by atoms with Gasteiger partial charge in [0.2, 0.25) is 15.9 Å². The summed E-state index contributed by atoms with van der Waals surface area (Å²) in [4.78, 5) is 26.8. The van der Waals surface area contributed by atoms with Gasteiger partial charge in [-0.2, -0.15) is 4.31 Å². The largest absolute Gasteiger partial charge is 0.458 e. The van der Waals surface area contributed by atoms with Crippen molar-refractivity contribution >= 4 is 39.3 Å². The van der Waals surface area contributed by atoms with Crippen LogP contribution in [0, 0.1) is 17.8 Å². The fourth-order valence-corrected chi connectivity index (χ4v) is 8.71. The van der Waals surface area contributed by atoms with E-state index in [1.165, 1.54) is 16.1 Å². The first kappa shape index (κ1) is 36.0. The number of rotatable bonds is 12. The summed E-state index contributed by atoms with van der Waals surface area (Å²) in [5.41, 5.74) is 1.35. The van der Waals surface area contributed by atoms with Crippen molar-refractivity contribution in [1.29, 1.82) is 0 Å². The summed E-state index contributed by atoms with van der Waals surface area (Å²) >= 11 is 1.23. The van der Waals surface area contributed by atoms with Crippen LogP contribution in [0.1, 0.15) is 76.7 Å². The van der Waals surface area contributed by atoms with Crippen LogP contribution < -0.4 is 5.32 Å². The Kier molecular flexibility index (Phi) is 12.0. The van der Waals surface area contributed by atoms with Crippen molar-refractivity contribution in [2.24, 2.45) is 17.8 Å². The Balaban J connectivity index is 1.29. The van der Waals surface area contributed by atoms with E-state index in [1.807, 2.05) is 24.5 Å². The van der Waals surface area contributed by atoms with E-state index in [9.17, 15) is 18.0 Å². The van der Waals surface area contributed by atoms with Crippen molar-refractivity contribution in [3.05, 3.63) is 54.1 Å². The molecule has 1 aliphatic carbocycles. The first-order chi connectivity index (χ1) is 23.0. The van der Waals surface area contributed by atoms with Crippen LogP contribution >= 0.6 is 11.8 Å². The lowest BCUT2D eigenvalue weighted by Gasteiger charge is -2.36. The number of anilines is 1. The van der Waals surface area contributed by atoms with Gasteiger partial charge in [0.25, 0.3) is 0 Å². The molecule has 48 heavy (non-hydrogen) atoms. The van der Waals surface area contributed by atoms with Gasteiger partial charge in [0.05, 0.1) is 35.1 Å². The number of hydrogen-bond donors (Lipinski definition) is 1. The summed E-state index contributed by atoms with van der Waals surface area (Å²) in [5.74, 6) is 1.04. The number of esters is 1. The Labute approximate surface area is 288 Å². The van der Waals surface area contributed by atoms with Crippen LogP contribution in [0.5, 0.6) is 0 Å². The fourth-order valence-electron chi connectivity index (χ4n) is 6.42. The highest BCUT2D eigenvalue weighted by Gasteiger charge is 2.34. The first-order valence-corrected chi connectivity index (χ1v) is 19.3. The molecule has 0 spiro atoms. The lowest BCUT2D eigenvalue weighted by atomic mass is 9.75. The summed E-state index contributed by atoms with van der Waals surface area (Å²) in [6.45, 7) is 12.0. The zero-order valence-corrected chi connectivity index (χ0v) is 30.1. The number of hydrogen-bond acceptors (Lipinski definition) is 9. The molecule has 2 aliphatic rings. The third kappa shape index (κ3) is 8.30. The van der Waals surface area contributed by atoms with Gasteiger partial charge in [-0.25, -0.2) is 13.2 Å². The molecule has 1 amide bonds. The van der Waals surface area contributed by atoms with Crippen molar-refractivity contribution < 1.29 is 27.5 Å². The SMILES string of the molecule is CC[C@H](C)n1c(SCC(=O)Nc2ccccc2C(=O)O[C@@H]2C[C@H](C)CC[C@H]2C(C)C)nnc1-c1cccc(S(=O)(=O)N2CCOCC2)c1. The van der Waals surface area contributed by atoms with Crippen LogP contribution in [0.25, 0.3) is 11.4 Å². The van der Waals surface area contributed by atoms with E-state index in [2.05, 4.69) is 36.3 Å². The van der Waals surface area contributed by atoms with Gasteiger partial charge in [-0.1, -0.05) is 70.1 Å². The number of sulfonamides is 1. The van der Waals surface area contributed by atoms with Crippen LogP contribution in [0.15, 0.2) is 58.6 Å². The average molecular weight is 698 g/mol. The molecule has 2 fully saturated rings. The second-order valence-corrected chi connectivity index (χ2v) is 16.0. The zero-order valence-electron chi connectivity index (χ0n) is 28.4. The van der Waals surface area contributed by atoms with E-state index in [4.69, 9.17) is 9.47 Å². The fraction of sp³-hybridized carbons (Fsp3) is 0.543. The maximum absolute atomic E-state index is 13.4. The number of morpholine rings is 1. The predicted octanol–water partition coefficient (Wildman–Crippen LogP) is 6.29. The molecule has 0 unspecified atom stereocenters. The number of thioether (sulfide) groups is 1. The normalized spacial score (nSPS) is 21.2. The molecule has 5 rings (SSSR count). The highest BCUT2D eigenvalue weighted by atomic mass is 32.2. The average Bonchev–Trinajstić information content (AvgIpc) is 3.51. The quantitative estimate of drug-likeness (QED) is 0.171. The van der Waals surface area contributed by atoms with Gasteiger partial charge >= 0.3 is 5.97 Å². The molecule has 13 heteroatoms. The summed E-state index contributed by atoms with van der Waals surface area (Å²) in [5, 5.41) is 12.3. The highest BCUT2D eigenvalue weighted by Crippen LogP contribution is 2.36. The van der Waals surface area contributed by atoms with Crippen LogP contribution in [0.2, 0.25) is 0 Å². The molecule has 0 radical (unpaired) electrons. The van der Waals surface area contributed by atoms with Gasteiger partial charge in [0.1, 0.15) is 6.10 Å². The first-order valence-electron chi connectivity index (χ1n) is 16.9. The molecule has 11 nitrogen and oxygen atoms in total. The number of para-hydroxylation sites is 1. The Hall–Kier alpha value is -3.26. The number of nitrogens with zero attached hydrogens (tertiary/aromatic N) is 4. The highest BCUT2D eigenvalue weighted by molar-refractivity contribution is 7.99. The Morgan fingerprint density at radius 3 is 2.54 bits per heavy atom. The van der Waals surface area contributed by atoms with Gasteiger partial charge in [0, 0.05) is 24.7 Å². The molecule has 1 aromatic heterocycles. The van der Waals surface area contributed by atoms with Crippen molar-refractivity contribution in [1.82, 2.24) is 19.1 Å². The lowest BCUT2D eigenvalue weighted by Crippen LogP contribution is -2.40. The Morgan fingerprint density at radius 1 is 1.06 bits per heavy atom. The van der Waals surface area contributed by atoms with Gasteiger partial charge < -0.3 is 14.8 Å². The van der Waals surface area contributed by atoms with E-state index in [1.54, 1.807) is 42.5 Å².